The van der Waals surface area contributed by atoms with Crippen LogP contribution in [0.1, 0.15) is 29.2 Å². The largest absolute Gasteiger partial charge is 0.481 e. The van der Waals surface area contributed by atoms with Gasteiger partial charge in [-0.3, -0.25) is 9.59 Å². The third-order valence-electron chi connectivity index (χ3n) is 3.44. The van der Waals surface area contributed by atoms with E-state index in [1.807, 2.05) is 0 Å². The van der Waals surface area contributed by atoms with Gasteiger partial charge in [0, 0.05) is 13.1 Å². The lowest BCUT2D eigenvalue weighted by atomic mass is 9.98. The molecule has 9 heteroatoms. The maximum Gasteiger partial charge on any atom is 0.308 e. The normalized spacial score (nSPS) is 19.1. The molecule has 0 spiro atoms. The van der Waals surface area contributed by atoms with E-state index in [0.717, 1.165) is 6.26 Å². The number of sulfonamides is 1. The molecule has 0 saturated carbocycles. The molecule has 0 radical (unpaired) electrons. The SMILES string of the molecule is CS(=O)(=O)NCc1ccc(C(=O)N2CCCC(C(=O)O)C2)o1. The summed E-state index contributed by atoms with van der Waals surface area (Å²) in [7, 11) is -3.34. The molecule has 2 rings (SSSR count). The molecule has 22 heavy (non-hydrogen) atoms. The summed E-state index contributed by atoms with van der Waals surface area (Å²) >= 11 is 0. The van der Waals surface area contributed by atoms with E-state index in [1.54, 1.807) is 0 Å². The molecular weight excluding hydrogens is 312 g/mol. The second-order valence-electron chi connectivity index (χ2n) is 5.29. The molecule has 0 bridgehead atoms. The molecule has 8 nitrogen and oxygen atoms in total. The Kier molecular flexibility index (Phi) is 4.87. The number of hydrogen-bond donors (Lipinski definition) is 2. The number of piperidine rings is 1. The Balaban J connectivity index is 2.01. The van der Waals surface area contributed by atoms with Gasteiger partial charge in [-0.1, -0.05) is 0 Å². The van der Waals surface area contributed by atoms with Crippen LogP contribution >= 0.6 is 0 Å². The molecule has 2 N–H and O–H groups in total. The van der Waals surface area contributed by atoms with Crippen LogP contribution in [0.15, 0.2) is 16.5 Å². The number of amides is 1. The lowest BCUT2D eigenvalue weighted by Crippen LogP contribution is -2.42. The summed E-state index contributed by atoms with van der Waals surface area (Å²) in [4.78, 5) is 24.8. The Morgan fingerprint density at radius 1 is 1.45 bits per heavy atom. The highest BCUT2D eigenvalue weighted by molar-refractivity contribution is 7.88. The van der Waals surface area contributed by atoms with Crippen LogP contribution in [0.4, 0.5) is 0 Å². The maximum atomic E-state index is 12.3. The average molecular weight is 330 g/mol. The Morgan fingerprint density at radius 2 is 2.18 bits per heavy atom. The van der Waals surface area contributed by atoms with E-state index >= 15 is 0 Å². The maximum absolute atomic E-state index is 12.3. The summed E-state index contributed by atoms with van der Waals surface area (Å²) in [5.41, 5.74) is 0. The monoisotopic (exact) mass is 330 g/mol. The molecule has 1 aliphatic rings. The van der Waals surface area contributed by atoms with Crippen LogP contribution in [0.2, 0.25) is 0 Å². The predicted octanol–water partition coefficient (Wildman–Crippen LogP) is 0.266. The minimum atomic E-state index is -3.34. The highest BCUT2D eigenvalue weighted by Crippen LogP contribution is 2.19. The summed E-state index contributed by atoms with van der Waals surface area (Å²) in [6.07, 6.45) is 2.22. The van der Waals surface area contributed by atoms with Gasteiger partial charge < -0.3 is 14.4 Å². The zero-order chi connectivity index (χ0) is 16.3. The van der Waals surface area contributed by atoms with Crippen molar-refractivity contribution in [2.75, 3.05) is 19.3 Å². The highest BCUT2D eigenvalue weighted by atomic mass is 32.2. The van der Waals surface area contributed by atoms with Gasteiger partial charge in [0.25, 0.3) is 5.91 Å². The third-order valence-corrected chi connectivity index (χ3v) is 4.11. The minimum Gasteiger partial charge on any atom is -0.481 e. The smallest absolute Gasteiger partial charge is 0.308 e. The molecule has 0 aliphatic carbocycles. The molecule has 1 amide bonds. The molecule has 1 fully saturated rings. The molecule has 1 aliphatic heterocycles. The molecule has 2 heterocycles. The fourth-order valence-corrected chi connectivity index (χ4v) is 2.71. The number of carbonyl (C=O) groups excluding carboxylic acids is 1. The first-order chi connectivity index (χ1) is 10.3. The van der Waals surface area contributed by atoms with Crippen LogP contribution in [0.3, 0.4) is 0 Å². The van der Waals surface area contributed by atoms with Crippen molar-refractivity contribution >= 4 is 21.9 Å². The number of nitrogens with zero attached hydrogens (tertiary/aromatic N) is 1. The van der Waals surface area contributed by atoms with Crippen molar-refractivity contribution in [2.24, 2.45) is 5.92 Å². The van der Waals surface area contributed by atoms with E-state index in [9.17, 15) is 18.0 Å². The first kappa shape index (κ1) is 16.5. The number of aliphatic carboxylic acids is 1. The lowest BCUT2D eigenvalue weighted by molar-refractivity contribution is -0.143. The molecule has 1 saturated heterocycles. The number of hydrogen-bond acceptors (Lipinski definition) is 5. The summed E-state index contributed by atoms with van der Waals surface area (Å²) in [5, 5.41) is 9.03. The van der Waals surface area contributed by atoms with Crippen molar-refractivity contribution in [1.82, 2.24) is 9.62 Å². The van der Waals surface area contributed by atoms with E-state index in [4.69, 9.17) is 9.52 Å². The predicted molar refractivity (Wildman–Crippen MR) is 76.7 cm³/mol. The standard InChI is InChI=1S/C13H18N2O6S/c1-22(19,20)14-7-10-4-5-11(21-10)12(16)15-6-2-3-9(8-15)13(17)18/h4-5,9,14H,2-3,6-8H2,1H3,(H,17,18). The van der Waals surface area contributed by atoms with Gasteiger partial charge in [0.1, 0.15) is 5.76 Å². The van der Waals surface area contributed by atoms with E-state index in [2.05, 4.69) is 4.72 Å². The van der Waals surface area contributed by atoms with Crippen molar-refractivity contribution in [2.45, 2.75) is 19.4 Å². The number of likely N-dealkylation sites (tertiary alicyclic amines) is 1. The minimum absolute atomic E-state index is 0.0378. The van der Waals surface area contributed by atoms with Crippen LogP contribution < -0.4 is 4.72 Å². The van der Waals surface area contributed by atoms with E-state index in [-0.39, 0.29) is 24.8 Å². The number of nitrogens with one attached hydrogen (secondary N) is 1. The van der Waals surface area contributed by atoms with Gasteiger partial charge in [-0.15, -0.1) is 0 Å². The summed E-state index contributed by atoms with van der Waals surface area (Å²) in [6, 6.07) is 2.98. The van der Waals surface area contributed by atoms with E-state index in [1.165, 1.54) is 17.0 Å². The van der Waals surface area contributed by atoms with E-state index in [0.29, 0.717) is 25.1 Å². The van der Waals surface area contributed by atoms with Crippen molar-refractivity contribution < 1.29 is 27.5 Å². The fraction of sp³-hybridized carbons (Fsp3) is 0.538. The molecule has 1 atom stereocenters. The molecule has 122 valence electrons. The van der Waals surface area contributed by atoms with Crippen LogP contribution in [0.5, 0.6) is 0 Å². The average Bonchev–Trinajstić information content (AvgIpc) is 2.92. The van der Waals surface area contributed by atoms with Crippen LogP contribution in [-0.2, 0) is 21.4 Å². The van der Waals surface area contributed by atoms with Crippen LogP contribution in [0.25, 0.3) is 0 Å². The molecule has 1 aromatic rings. The lowest BCUT2D eigenvalue weighted by Gasteiger charge is -2.29. The van der Waals surface area contributed by atoms with Gasteiger partial charge in [-0.05, 0) is 25.0 Å². The molecule has 1 unspecified atom stereocenters. The first-order valence-electron chi connectivity index (χ1n) is 6.81. The number of furan rings is 1. The first-order valence-corrected chi connectivity index (χ1v) is 8.71. The van der Waals surface area contributed by atoms with Gasteiger partial charge in [-0.2, -0.15) is 0 Å². The topological polar surface area (TPSA) is 117 Å². The fourth-order valence-electron chi connectivity index (χ4n) is 2.31. The number of rotatable bonds is 5. The summed E-state index contributed by atoms with van der Waals surface area (Å²) < 4.78 is 29.6. The molecule has 0 aromatic carbocycles. The van der Waals surface area contributed by atoms with E-state index < -0.39 is 21.9 Å². The molecular formula is C13H18N2O6S. The van der Waals surface area contributed by atoms with Crippen molar-refractivity contribution in [3.63, 3.8) is 0 Å². The number of carboxylic acid groups (broad SMARTS) is 1. The van der Waals surface area contributed by atoms with Crippen molar-refractivity contribution in [1.29, 1.82) is 0 Å². The van der Waals surface area contributed by atoms with Gasteiger partial charge in [0.15, 0.2) is 5.76 Å². The Hall–Kier alpha value is -1.87. The summed E-state index contributed by atoms with van der Waals surface area (Å²) in [5.74, 6) is -1.44. The highest BCUT2D eigenvalue weighted by Gasteiger charge is 2.29. The quantitative estimate of drug-likeness (QED) is 0.800. The number of carboxylic acids is 1. The van der Waals surface area contributed by atoms with Crippen LogP contribution in [0, 0.1) is 5.92 Å². The third kappa shape index (κ3) is 4.31. The second kappa shape index (κ2) is 6.49. The number of carbonyl (C=O) groups is 2. The Labute approximate surface area is 128 Å². The Morgan fingerprint density at radius 3 is 2.82 bits per heavy atom. The molecule has 1 aromatic heterocycles. The van der Waals surface area contributed by atoms with Gasteiger partial charge in [-0.25, -0.2) is 13.1 Å². The van der Waals surface area contributed by atoms with Crippen molar-refractivity contribution in [3.05, 3.63) is 23.7 Å². The van der Waals surface area contributed by atoms with Gasteiger partial charge in [0.2, 0.25) is 10.0 Å². The summed E-state index contributed by atoms with van der Waals surface area (Å²) in [6.45, 7) is 0.607. The van der Waals surface area contributed by atoms with Crippen molar-refractivity contribution in [3.8, 4) is 0 Å². The van der Waals surface area contributed by atoms with Gasteiger partial charge >= 0.3 is 5.97 Å². The zero-order valence-corrected chi connectivity index (χ0v) is 12.9. The Bertz CT molecular complexity index is 666. The van der Waals surface area contributed by atoms with Gasteiger partial charge in [0.05, 0.1) is 18.7 Å². The second-order valence-corrected chi connectivity index (χ2v) is 7.12. The van der Waals surface area contributed by atoms with Crippen LogP contribution in [-0.4, -0.2) is 49.6 Å². The zero-order valence-electron chi connectivity index (χ0n) is 12.1.